The summed E-state index contributed by atoms with van der Waals surface area (Å²) in [7, 11) is -3.18. The molecule has 0 bridgehead atoms. The summed E-state index contributed by atoms with van der Waals surface area (Å²) in [5.41, 5.74) is 0. The zero-order chi connectivity index (χ0) is 18.0. The van der Waals surface area contributed by atoms with Crippen LogP contribution in [0.4, 0.5) is 0 Å². The molecule has 3 rings (SSSR count). The number of benzene rings is 1. The van der Waals surface area contributed by atoms with E-state index in [0.717, 1.165) is 25.9 Å². The number of likely N-dealkylation sites (tertiary alicyclic amines) is 2. The van der Waals surface area contributed by atoms with Crippen LogP contribution in [0.3, 0.4) is 0 Å². The minimum atomic E-state index is -3.18. The van der Waals surface area contributed by atoms with Crippen molar-refractivity contribution < 1.29 is 13.2 Å². The first-order chi connectivity index (χ1) is 11.9. The van der Waals surface area contributed by atoms with Crippen LogP contribution in [0, 0.1) is 0 Å². The van der Waals surface area contributed by atoms with Gasteiger partial charge in [-0.05, 0) is 44.9 Å². The molecule has 1 aromatic rings. The topological polar surface area (TPSA) is 49.9 Å². The zero-order valence-corrected chi connectivity index (χ0v) is 16.3. The molecule has 0 amide bonds. The third-order valence-corrected chi connectivity index (χ3v) is 7.19. The Hall–Kier alpha value is -1.11. The molecule has 2 fully saturated rings. The Kier molecular flexibility index (Phi) is 5.71. The Morgan fingerprint density at radius 3 is 2.48 bits per heavy atom. The first kappa shape index (κ1) is 18.7. The number of sulfone groups is 1. The minimum absolute atomic E-state index is 0.115. The van der Waals surface area contributed by atoms with E-state index in [1.54, 1.807) is 25.1 Å². The van der Waals surface area contributed by atoms with Crippen LogP contribution in [0.1, 0.15) is 33.6 Å². The fourth-order valence-electron chi connectivity index (χ4n) is 3.60. The van der Waals surface area contributed by atoms with Crippen LogP contribution >= 0.6 is 0 Å². The lowest BCUT2D eigenvalue weighted by Crippen LogP contribution is -2.62. The van der Waals surface area contributed by atoms with Crippen LogP contribution in [0.25, 0.3) is 0 Å². The third-order valence-electron chi connectivity index (χ3n) is 5.46. The van der Waals surface area contributed by atoms with Crippen LogP contribution in [0.5, 0.6) is 5.75 Å². The highest BCUT2D eigenvalue weighted by molar-refractivity contribution is 7.91. The third kappa shape index (κ3) is 4.36. The fourth-order valence-corrected chi connectivity index (χ4v) is 4.51. The number of ether oxygens (including phenoxy) is 1. The van der Waals surface area contributed by atoms with E-state index in [-0.39, 0.29) is 11.9 Å². The molecule has 0 aromatic heterocycles. The second-order valence-corrected chi connectivity index (χ2v) is 9.71. The maximum atomic E-state index is 12.0. The number of nitrogens with zero attached hydrogens (tertiary/aromatic N) is 2. The van der Waals surface area contributed by atoms with Crippen molar-refractivity contribution in [3.8, 4) is 5.75 Å². The standard InChI is InChI=1S/C19H30N2O3S/c1-4-25(22,23)19-7-5-6-18(12-19)24-17-8-10-20(11-9-17)16-13-21(14-16)15(2)3/h5-7,12,15-17H,4,8-11,13-14H2,1-3H3. The van der Waals surface area contributed by atoms with Gasteiger partial charge in [0.15, 0.2) is 9.84 Å². The number of hydrogen-bond acceptors (Lipinski definition) is 5. The van der Waals surface area contributed by atoms with E-state index < -0.39 is 9.84 Å². The number of hydrogen-bond donors (Lipinski definition) is 0. The minimum Gasteiger partial charge on any atom is -0.490 e. The SMILES string of the molecule is CCS(=O)(=O)c1cccc(OC2CCN(C3CN(C(C)C)C3)CC2)c1. The van der Waals surface area contributed by atoms with E-state index in [4.69, 9.17) is 4.74 Å². The van der Waals surface area contributed by atoms with E-state index in [2.05, 4.69) is 23.6 Å². The summed E-state index contributed by atoms with van der Waals surface area (Å²) in [6, 6.07) is 8.27. The maximum absolute atomic E-state index is 12.0. The van der Waals surface area contributed by atoms with Crippen molar-refractivity contribution in [3.05, 3.63) is 24.3 Å². The molecule has 25 heavy (non-hydrogen) atoms. The van der Waals surface area contributed by atoms with Crippen molar-refractivity contribution in [2.24, 2.45) is 0 Å². The van der Waals surface area contributed by atoms with Gasteiger partial charge in [0, 0.05) is 38.3 Å². The number of piperidine rings is 1. The summed E-state index contributed by atoms with van der Waals surface area (Å²) in [6.45, 7) is 10.7. The second kappa shape index (κ2) is 7.64. The largest absolute Gasteiger partial charge is 0.490 e. The average molecular weight is 367 g/mol. The predicted octanol–water partition coefficient (Wildman–Crippen LogP) is 2.42. The lowest BCUT2D eigenvalue weighted by molar-refractivity contribution is -0.0125. The van der Waals surface area contributed by atoms with Gasteiger partial charge in [-0.25, -0.2) is 8.42 Å². The monoisotopic (exact) mass is 366 g/mol. The highest BCUT2D eigenvalue weighted by Crippen LogP contribution is 2.25. The average Bonchev–Trinajstić information content (AvgIpc) is 2.55. The van der Waals surface area contributed by atoms with Crippen molar-refractivity contribution in [2.45, 2.75) is 56.7 Å². The van der Waals surface area contributed by atoms with Gasteiger partial charge < -0.3 is 4.74 Å². The Morgan fingerprint density at radius 2 is 1.88 bits per heavy atom. The lowest BCUT2D eigenvalue weighted by Gasteiger charge is -2.49. The van der Waals surface area contributed by atoms with Crippen molar-refractivity contribution in [1.29, 1.82) is 0 Å². The molecule has 140 valence electrons. The molecule has 1 aromatic carbocycles. The zero-order valence-electron chi connectivity index (χ0n) is 15.5. The van der Waals surface area contributed by atoms with Gasteiger partial charge in [0.2, 0.25) is 0 Å². The fraction of sp³-hybridized carbons (Fsp3) is 0.684. The summed E-state index contributed by atoms with van der Waals surface area (Å²) in [6.07, 6.45) is 2.18. The maximum Gasteiger partial charge on any atom is 0.178 e. The first-order valence-corrected chi connectivity index (χ1v) is 11.0. The summed E-state index contributed by atoms with van der Waals surface area (Å²) in [4.78, 5) is 5.44. The molecule has 2 aliphatic rings. The normalized spacial score (nSPS) is 21.4. The Labute approximate surface area is 151 Å². The van der Waals surface area contributed by atoms with Gasteiger partial charge in [-0.2, -0.15) is 0 Å². The molecular weight excluding hydrogens is 336 g/mol. The van der Waals surface area contributed by atoms with Gasteiger partial charge in [0.05, 0.1) is 10.6 Å². The van der Waals surface area contributed by atoms with Crippen LogP contribution in [-0.2, 0) is 9.84 Å². The predicted molar refractivity (Wildman–Crippen MR) is 99.9 cm³/mol. The van der Waals surface area contributed by atoms with Gasteiger partial charge in [0.1, 0.15) is 11.9 Å². The summed E-state index contributed by atoms with van der Waals surface area (Å²) >= 11 is 0. The molecule has 2 saturated heterocycles. The van der Waals surface area contributed by atoms with Crippen molar-refractivity contribution in [2.75, 3.05) is 31.9 Å². The quantitative estimate of drug-likeness (QED) is 0.774. The van der Waals surface area contributed by atoms with Crippen LogP contribution in [0.15, 0.2) is 29.2 Å². The van der Waals surface area contributed by atoms with Crippen LogP contribution in [0.2, 0.25) is 0 Å². The summed E-state index contributed by atoms with van der Waals surface area (Å²) < 4.78 is 30.1. The van der Waals surface area contributed by atoms with Gasteiger partial charge >= 0.3 is 0 Å². The summed E-state index contributed by atoms with van der Waals surface area (Å²) in [5.74, 6) is 0.784. The Balaban J connectivity index is 1.51. The molecule has 5 nitrogen and oxygen atoms in total. The molecule has 2 heterocycles. The second-order valence-electron chi connectivity index (χ2n) is 7.43. The van der Waals surface area contributed by atoms with E-state index >= 15 is 0 Å². The summed E-state index contributed by atoms with van der Waals surface area (Å²) in [5, 5.41) is 0. The smallest absolute Gasteiger partial charge is 0.178 e. The Bertz CT molecular complexity index is 676. The molecule has 0 unspecified atom stereocenters. The van der Waals surface area contributed by atoms with Gasteiger partial charge in [-0.15, -0.1) is 0 Å². The molecule has 0 atom stereocenters. The Morgan fingerprint density at radius 1 is 1.20 bits per heavy atom. The van der Waals surface area contributed by atoms with Crippen molar-refractivity contribution in [3.63, 3.8) is 0 Å². The molecule has 6 heteroatoms. The van der Waals surface area contributed by atoms with Crippen LogP contribution < -0.4 is 4.74 Å². The van der Waals surface area contributed by atoms with Crippen molar-refractivity contribution in [1.82, 2.24) is 9.80 Å². The molecule has 0 N–H and O–H groups in total. The van der Waals surface area contributed by atoms with Crippen molar-refractivity contribution >= 4 is 9.84 Å². The molecule has 0 saturated carbocycles. The molecule has 0 radical (unpaired) electrons. The van der Waals surface area contributed by atoms with E-state index in [1.807, 2.05) is 6.07 Å². The molecule has 2 aliphatic heterocycles. The highest BCUT2D eigenvalue weighted by atomic mass is 32.2. The van der Waals surface area contributed by atoms with Gasteiger partial charge in [-0.3, -0.25) is 9.80 Å². The van der Waals surface area contributed by atoms with E-state index in [1.165, 1.54) is 13.1 Å². The molecule has 0 aliphatic carbocycles. The lowest BCUT2D eigenvalue weighted by atomic mass is 10.00. The number of rotatable bonds is 6. The highest BCUT2D eigenvalue weighted by Gasteiger charge is 2.35. The van der Waals surface area contributed by atoms with E-state index in [9.17, 15) is 8.42 Å². The van der Waals surface area contributed by atoms with Gasteiger partial charge in [0.25, 0.3) is 0 Å². The van der Waals surface area contributed by atoms with Gasteiger partial charge in [-0.1, -0.05) is 13.0 Å². The van der Waals surface area contributed by atoms with Crippen LogP contribution in [-0.4, -0.2) is 68.3 Å². The van der Waals surface area contributed by atoms with E-state index in [0.29, 0.717) is 22.7 Å². The molecule has 0 spiro atoms. The molecular formula is C19H30N2O3S. The first-order valence-electron chi connectivity index (χ1n) is 9.36.